The fourth-order valence-electron chi connectivity index (χ4n) is 2.66. The molecule has 3 heteroatoms. The minimum atomic E-state index is -0.115. The van der Waals surface area contributed by atoms with E-state index in [1.165, 1.54) is 6.07 Å². The van der Waals surface area contributed by atoms with Gasteiger partial charge in [-0.2, -0.15) is 0 Å². The van der Waals surface area contributed by atoms with E-state index in [2.05, 4.69) is 24.1 Å². The molecule has 1 aliphatic heterocycles. The standard InChI is InChI=1S/C15H23FN2/c1-11(2)18-9-8-13(10-18)17-12(3)14-6-4-5-7-15(14)16/h4-7,11-13,17H,8-10H2,1-3H3. The smallest absolute Gasteiger partial charge is 0.127 e. The lowest BCUT2D eigenvalue weighted by Crippen LogP contribution is -2.36. The summed E-state index contributed by atoms with van der Waals surface area (Å²) >= 11 is 0. The predicted octanol–water partition coefficient (Wildman–Crippen LogP) is 2.96. The van der Waals surface area contributed by atoms with Gasteiger partial charge in [-0.25, -0.2) is 4.39 Å². The summed E-state index contributed by atoms with van der Waals surface area (Å²) in [5.74, 6) is -0.115. The highest BCUT2D eigenvalue weighted by molar-refractivity contribution is 5.20. The molecule has 0 saturated carbocycles. The van der Waals surface area contributed by atoms with Gasteiger partial charge in [0.05, 0.1) is 0 Å². The average molecular weight is 250 g/mol. The van der Waals surface area contributed by atoms with E-state index >= 15 is 0 Å². The summed E-state index contributed by atoms with van der Waals surface area (Å²) in [7, 11) is 0. The summed E-state index contributed by atoms with van der Waals surface area (Å²) in [6, 6.07) is 8.17. The molecule has 18 heavy (non-hydrogen) atoms. The van der Waals surface area contributed by atoms with Crippen LogP contribution in [-0.4, -0.2) is 30.1 Å². The van der Waals surface area contributed by atoms with Crippen LogP contribution in [0.1, 0.15) is 38.8 Å². The SMILES string of the molecule is CC(NC1CCN(C(C)C)C1)c1ccccc1F. The van der Waals surface area contributed by atoms with Gasteiger partial charge >= 0.3 is 0 Å². The molecule has 0 spiro atoms. The molecule has 100 valence electrons. The Morgan fingerprint density at radius 1 is 1.28 bits per heavy atom. The monoisotopic (exact) mass is 250 g/mol. The highest BCUT2D eigenvalue weighted by Gasteiger charge is 2.25. The maximum Gasteiger partial charge on any atom is 0.127 e. The molecule has 2 atom stereocenters. The van der Waals surface area contributed by atoms with Gasteiger partial charge in [0.2, 0.25) is 0 Å². The van der Waals surface area contributed by atoms with Crippen molar-refractivity contribution in [2.75, 3.05) is 13.1 Å². The zero-order valence-corrected chi connectivity index (χ0v) is 11.5. The minimum Gasteiger partial charge on any atom is -0.306 e. The van der Waals surface area contributed by atoms with Crippen molar-refractivity contribution in [3.63, 3.8) is 0 Å². The minimum absolute atomic E-state index is 0.0725. The van der Waals surface area contributed by atoms with Crippen molar-refractivity contribution in [1.82, 2.24) is 10.2 Å². The van der Waals surface area contributed by atoms with Gasteiger partial charge in [-0.3, -0.25) is 4.90 Å². The summed E-state index contributed by atoms with van der Waals surface area (Å²) < 4.78 is 13.7. The van der Waals surface area contributed by atoms with Gasteiger partial charge in [-0.05, 0) is 39.8 Å². The summed E-state index contributed by atoms with van der Waals surface area (Å²) in [4.78, 5) is 2.46. The lowest BCUT2D eigenvalue weighted by Gasteiger charge is -2.23. The molecule has 2 rings (SSSR count). The van der Waals surface area contributed by atoms with Gasteiger partial charge < -0.3 is 5.32 Å². The predicted molar refractivity (Wildman–Crippen MR) is 73.1 cm³/mol. The zero-order chi connectivity index (χ0) is 13.1. The molecule has 1 heterocycles. The molecule has 0 radical (unpaired) electrons. The fourth-order valence-corrected chi connectivity index (χ4v) is 2.66. The summed E-state index contributed by atoms with van der Waals surface area (Å²) in [5.41, 5.74) is 0.764. The van der Waals surface area contributed by atoms with E-state index in [1.807, 2.05) is 19.1 Å². The highest BCUT2D eigenvalue weighted by Crippen LogP contribution is 2.20. The normalized spacial score (nSPS) is 22.6. The maximum absolute atomic E-state index is 13.7. The number of halogens is 1. The van der Waals surface area contributed by atoms with Crippen LogP contribution < -0.4 is 5.32 Å². The van der Waals surface area contributed by atoms with E-state index in [1.54, 1.807) is 6.07 Å². The summed E-state index contributed by atoms with van der Waals surface area (Å²) in [6.45, 7) is 8.69. The van der Waals surface area contributed by atoms with Crippen LogP contribution in [0, 0.1) is 5.82 Å². The van der Waals surface area contributed by atoms with Crippen LogP contribution in [-0.2, 0) is 0 Å². The van der Waals surface area contributed by atoms with Gasteiger partial charge in [0.15, 0.2) is 0 Å². The van der Waals surface area contributed by atoms with E-state index in [-0.39, 0.29) is 11.9 Å². The molecule has 2 unspecified atom stereocenters. The van der Waals surface area contributed by atoms with Crippen molar-refractivity contribution in [2.24, 2.45) is 0 Å². The Hall–Kier alpha value is -0.930. The Kier molecular flexibility index (Phi) is 4.36. The van der Waals surface area contributed by atoms with Crippen LogP contribution >= 0.6 is 0 Å². The molecule has 2 nitrogen and oxygen atoms in total. The Balaban J connectivity index is 1.93. The van der Waals surface area contributed by atoms with Crippen LogP contribution in [0.25, 0.3) is 0 Å². The van der Waals surface area contributed by atoms with Crippen molar-refractivity contribution >= 4 is 0 Å². The number of likely N-dealkylation sites (tertiary alicyclic amines) is 1. The number of hydrogen-bond acceptors (Lipinski definition) is 2. The number of hydrogen-bond donors (Lipinski definition) is 1. The summed E-state index contributed by atoms with van der Waals surface area (Å²) in [6.07, 6.45) is 1.15. The van der Waals surface area contributed by atoms with Crippen molar-refractivity contribution in [3.8, 4) is 0 Å². The molecular weight excluding hydrogens is 227 g/mol. The van der Waals surface area contributed by atoms with Gasteiger partial charge in [-0.1, -0.05) is 18.2 Å². The second-order valence-corrected chi connectivity index (χ2v) is 5.48. The average Bonchev–Trinajstić information content (AvgIpc) is 2.78. The molecule has 1 aliphatic rings. The first kappa shape index (κ1) is 13.5. The third kappa shape index (κ3) is 3.09. The molecule has 0 bridgehead atoms. The Morgan fingerprint density at radius 3 is 2.61 bits per heavy atom. The number of rotatable bonds is 4. The Morgan fingerprint density at radius 2 is 2.00 bits per heavy atom. The second-order valence-electron chi connectivity index (χ2n) is 5.48. The second kappa shape index (κ2) is 5.81. The molecule has 1 aromatic rings. The molecule has 0 aliphatic carbocycles. The third-order valence-electron chi connectivity index (χ3n) is 3.81. The molecule has 0 aromatic heterocycles. The summed E-state index contributed by atoms with van der Waals surface area (Å²) in [5, 5.41) is 3.54. The first-order valence-electron chi connectivity index (χ1n) is 6.82. The molecule has 1 N–H and O–H groups in total. The van der Waals surface area contributed by atoms with Crippen LogP contribution in [0.3, 0.4) is 0 Å². The van der Waals surface area contributed by atoms with E-state index in [0.29, 0.717) is 12.1 Å². The van der Waals surface area contributed by atoms with Gasteiger partial charge in [0, 0.05) is 30.2 Å². The molecule has 1 saturated heterocycles. The quantitative estimate of drug-likeness (QED) is 0.884. The topological polar surface area (TPSA) is 15.3 Å². The van der Waals surface area contributed by atoms with Crippen molar-refractivity contribution in [2.45, 2.75) is 45.3 Å². The van der Waals surface area contributed by atoms with E-state index in [9.17, 15) is 4.39 Å². The van der Waals surface area contributed by atoms with Crippen molar-refractivity contribution < 1.29 is 4.39 Å². The lowest BCUT2D eigenvalue weighted by atomic mass is 10.1. The van der Waals surface area contributed by atoms with Gasteiger partial charge in [-0.15, -0.1) is 0 Å². The first-order chi connectivity index (χ1) is 8.58. The molecule has 0 amide bonds. The van der Waals surface area contributed by atoms with E-state index in [0.717, 1.165) is 25.1 Å². The van der Waals surface area contributed by atoms with E-state index < -0.39 is 0 Å². The zero-order valence-electron chi connectivity index (χ0n) is 11.5. The molecule has 1 aromatic carbocycles. The van der Waals surface area contributed by atoms with Crippen LogP contribution in [0.15, 0.2) is 24.3 Å². The number of nitrogens with one attached hydrogen (secondary N) is 1. The van der Waals surface area contributed by atoms with Gasteiger partial charge in [0.25, 0.3) is 0 Å². The van der Waals surface area contributed by atoms with E-state index in [4.69, 9.17) is 0 Å². The van der Waals surface area contributed by atoms with Crippen molar-refractivity contribution in [1.29, 1.82) is 0 Å². The van der Waals surface area contributed by atoms with Crippen molar-refractivity contribution in [3.05, 3.63) is 35.6 Å². The van der Waals surface area contributed by atoms with Crippen LogP contribution in [0.2, 0.25) is 0 Å². The Labute approximate surface area is 109 Å². The third-order valence-corrected chi connectivity index (χ3v) is 3.81. The van der Waals surface area contributed by atoms with Crippen LogP contribution in [0.4, 0.5) is 4.39 Å². The number of benzene rings is 1. The fraction of sp³-hybridized carbons (Fsp3) is 0.600. The molecular formula is C15H23FN2. The van der Waals surface area contributed by atoms with Crippen LogP contribution in [0.5, 0.6) is 0 Å². The van der Waals surface area contributed by atoms with Gasteiger partial charge in [0.1, 0.15) is 5.82 Å². The number of nitrogens with zero attached hydrogens (tertiary/aromatic N) is 1. The highest BCUT2D eigenvalue weighted by atomic mass is 19.1. The lowest BCUT2D eigenvalue weighted by molar-refractivity contribution is 0.266. The first-order valence-corrected chi connectivity index (χ1v) is 6.82. The molecule has 1 fully saturated rings. The maximum atomic E-state index is 13.7. The Bertz CT molecular complexity index is 392. The largest absolute Gasteiger partial charge is 0.306 e.